The van der Waals surface area contributed by atoms with Crippen LogP contribution in [0.2, 0.25) is 0 Å². The topological polar surface area (TPSA) is 155 Å². The third-order valence-corrected chi connectivity index (χ3v) is 12.6. The molecule has 2 aromatic heterocycles. The van der Waals surface area contributed by atoms with Crippen LogP contribution in [0.1, 0.15) is 43.0 Å². The first-order valence-electron chi connectivity index (χ1n) is 24.2. The van der Waals surface area contributed by atoms with Gasteiger partial charge in [-0.3, -0.25) is 24.5 Å². The standard InChI is InChI=1S/C32H35N3O5.C27H23NO5/c1-22-9-10-28(26(17-22)32(37)23-7-5-4-6-8-23)40-29-11-12-33-27-19-31(30(38-3)18-25(27)29)39-21-24(36)20-35-15-13-34(2)14-16-35;1-17-8-9-23(21(12-17)27(29)18-6-4-3-5-7-18)33-24-10-11-28-22-14-26(32-16-19-15-31-19)25(30-2)13-20(22)24/h4-12,17-19,24,36H,13-16,20-21H2,1-3H3;3-14,19H,15-16H2,1-2H3. The number of carbonyl (C=O) groups excluding carboxylic acids is 2. The number of methoxy groups -OCH3 is 2. The maximum atomic E-state index is 13.3. The van der Waals surface area contributed by atoms with Crippen LogP contribution in [0.5, 0.6) is 46.0 Å². The van der Waals surface area contributed by atoms with E-state index in [1.807, 2.05) is 105 Å². The van der Waals surface area contributed by atoms with E-state index >= 15 is 0 Å². The molecule has 4 heterocycles. The van der Waals surface area contributed by atoms with Crippen LogP contribution in [0.3, 0.4) is 0 Å². The fourth-order valence-corrected chi connectivity index (χ4v) is 8.44. The van der Waals surface area contributed by atoms with E-state index in [-0.39, 0.29) is 24.3 Å². The van der Waals surface area contributed by atoms with E-state index in [2.05, 4.69) is 26.8 Å². The van der Waals surface area contributed by atoms with Gasteiger partial charge in [-0.25, -0.2) is 0 Å². The number of aliphatic hydroxyl groups is 1. The van der Waals surface area contributed by atoms with Crippen molar-refractivity contribution in [2.24, 2.45) is 0 Å². The number of rotatable bonds is 18. The summed E-state index contributed by atoms with van der Waals surface area (Å²) in [4.78, 5) is 40.1. The zero-order valence-electron chi connectivity index (χ0n) is 41.6. The summed E-state index contributed by atoms with van der Waals surface area (Å²) in [5.41, 5.74) is 5.47. The van der Waals surface area contributed by atoms with Gasteiger partial charge in [0, 0.05) is 79.1 Å². The minimum absolute atomic E-state index is 0.0942. The van der Waals surface area contributed by atoms with E-state index in [1.54, 1.807) is 69.1 Å². The number of ether oxygens (including phenoxy) is 7. The number of fused-ring (bicyclic) bond motifs is 2. The lowest BCUT2D eigenvalue weighted by Crippen LogP contribution is -2.47. The fourth-order valence-electron chi connectivity index (χ4n) is 8.44. The molecule has 14 nitrogen and oxygen atoms in total. The zero-order chi connectivity index (χ0) is 50.8. The molecule has 6 aromatic carbocycles. The predicted molar refractivity (Wildman–Crippen MR) is 280 cm³/mol. The Hall–Kier alpha value is -7.88. The van der Waals surface area contributed by atoms with Gasteiger partial charge in [-0.2, -0.15) is 0 Å². The molecule has 2 saturated heterocycles. The third kappa shape index (κ3) is 12.4. The number of benzene rings is 6. The lowest BCUT2D eigenvalue weighted by molar-refractivity contribution is 0.0498. The Labute approximate surface area is 424 Å². The number of β-amino-alcohol motifs (C(OH)–C–C–N with tert-alkyl or cyclic N) is 1. The lowest BCUT2D eigenvalue weighted by Gasteiger charge is -2.33. The van der Waals surface area contributed by atoms with Gasteiger partial charge in [0.2, 0.25) is 0 Å². The van der Waals surface area contributed by atoms with Crippen LogP contribution in [-0.4, -0.2) is 122 Å². The molecule has 2 fully saturated rings. The van der Waals surface area contributed by atoms with Gasteiger partial charge in [-0.1, -0.05) is 83.9 Å². The van der Waals surface area contributed by atoms with Crippen molar-refractivity contribution in [3.8, 4) is 46.0 Å². The van der Waals surface area contributed by atoms with E-state index in [4.69, 9.17) is 33.2 Å². The van der Waals surface area contributed by atoms with Crippen molar-refractivity contribution < 1.29 is 47.9 Å². The summed E-state index contributed by atoms with van der Waals surface area (Å²) >= 11 is 0. The molecule has 2 atom stereocenters. The lowest BCUT2D eigenvalue weighted by atomic mass is 10.0. The van der Waals surface area contributed by atoms with Crippen LogP contribution in [0.4, 0.5) is 0 Å². The minimum Gasteiger partial charge on any atom is -0.493 e. The maximum absolute atomic E-state index is 13.3. The molecule has 0 aliphatic carbocycles. The zero-order valence-corrected chi connectivity index (χ0v) is 41.6. The third-order valence-electron chi connectivity index (χ3n) is 12.6. The maximum Gasteiger partial charge on any atom is 0.196 e. The normalized spacial score (nSPS) is 14.9. The van der Waals surface area contributed by atoms with Gasteiger partial charge in [0.15, 0.2) is 34.6 Å². The largest absolute Gasteiger partial charge is 0.493 e. The predicted octanol–water partition coefficient (Wildman–Crippen LogP) is 9.91. The summed E-state index contributed by atoms with van der Waals surface area (Å²) in [5, 5.41) is 12.1. The number of aliphatic hydroxyl groups excluding tert-OH is 1. The van der Waals surface area contributed by atoms with Crippen molar-refractivity contribution in [2.75, 3.05) is 73.8 Å². The number of piperazine rings is 1. The molecule has 0 radical (unpaired) electrons. The van der Waals surface area contributed by atoms with E-state index in [9.17, 15) is 14.7 Å². The van der Waals surface area contributed by atoms with Crippen molar-refractivity contribution >= 4 is 33.4 Å². The molecular formula is C59H58N4O10. The van der Waals surface area contributed by atoms with Crippen LogP contribution >= 0.6 is 0 Å². The van der Waals surface area contributed by atoms with Gasteiger partial charge in [0.1, 0.15) is 48.4 Å². The van der Waals surface area contributed by atoms with Gasteiger partial charge in [0.05, 0.1) is 43.0 Å². The molecule has 10 rings (SSSR count). The summed E-state index contributed by atoms with van der Waals surface area (Å²) in [6.07, 6.45) is 2.83. The van der Waals surface area contributed by atoms with Crippen molar-refractivity contribution in [2.45, 2.75) is 26.1 Å². The molecule has 0 amide bonds. The van der Waals surface area contributed by atoms with Crippen molar-refractivity contribution in [3.63, 3.8) is 0 Å². The number of nitrogens with zero attached hydrogens (tertiary/aromatic N) is 4. The van der Waals surface area contributed by atoms with Crippen LogP contribution in [0.25, 0.3) is 21.8 Å². The molecule has 0 bridgehead atoms. The average molecular weight is 983 g/mol. The number of hydrogen-bond donors (Lipinski definition) is 1. The van der Waals surface area contributed by atoms with Crippen molar-refractivity contribution in [1.29, 1.82) is 0 Å². The van der Waals surface area contributed by atoms with Crippen LogP contribution in [-0.2, 0) is 4.74 Å². The number of aromatic nitrogens is 2. The Kier molecular flexibility index (Phi) is 15.9. The smallest absolute Gasteiger partial charge is 0.196 e. The van der Waals surface area contributed by atoms with Gasteiger partial charge in [-0.05, 0) is 69.4 Å². The Balaban J connectivity index is 0.000000183. The first-order chi connectivity index (χ1) is 35.5. The van der Waals surface area contributed by atoms with Gasteiger partial charge in [0.25, 0.3) is 0 Å². The number of likely N-dealkylation sites (N-methyl/N-ethyl adjacent to an activating group) is 1. The summed E-state index contributed by atoms with van der Waals surface area (Å²) in [5.74, 6) is 4.01. The average Bonchev–Trinajstić information content (AvgIpc) is 4.26. The molecule has 1 N–H and O–H groups in total. The van der Waals surface area contributed by atoms with E-state index in [0.29, 0.717) is 104 Å². The second kappa shape index (κ2) is 23.1. The van der Waals surface area contributed by atoms with Gasteiger partial charge < -0.3 is 43.2 Å². The second-order valence-corrected chi connectivity index (χ2v) is 18.1. The summed E-state index contributed by atoms with van der Waals surface area (Å²) in [6, 6.07) is 40.3. The van der Waals surface area contributed by atoms with Gasteiger partial charge >= 0.3 is 0 Å². The second-order valence-electron chi connectivity index (χ2n) is 18.1. The summed E-state index contributed by atoms with van der Waals surface area (Å²) in [6.45, 7) is 9.62. The molecule has 2 aliphatic heterocycles. The van der Waals surface area contributed by atoms with Crippen LogP contribution in [0, 0.1) is 13.8 Å². The highest BCUT2D eigenvalue weighted by Crippen LogP contribution is 2.40. The first kappa shape index (κ1) is 50.1. The molecule has 14 heteroatoms. The van der Waals surface area contributed by atoms with E-state index in [0.717, 1.165) is 42.7 Å². The SMILES string of the molecule is COc1cc2c(Oc3ccc(C)cc3C(=O)c3ccccc3)ccnc2cc1OCC(O)CN1CCN(C)CC1.COc1cc2c(Oc3ccc(C)cc3C(=O)c3ccccc3)ccnc2cc1OCC1CO1. The first-order valence-corrected chi connectivity index (χ1v) is 24.2. The fraction of sp³-hybridized carbons (Fsp3) is 0.254. The molecule has 0 spiro atoms. The number of aryl methyl sites for hydroxylation is 2. The number of epoxide rings is 1. The number of pyridine rings is 2. The molecular weight excluding hydrogens is 925 g/mol. The van der Waals surface area contributed by atoms with E-state index in [1.165, 1.54) is 0 Å². The number of ketones is 2. The number of carbonyl (C=O) groups is 2. The summed E-state index contributed by atoms with van der Waals surface area (Å²) in [7, 11) is 5.27. The van der Waals surface area contributed by atoms with Gasteiger partial charge in [-0.15, -0.1) is 0 Å². The molecule has 8 aromatic rings. The Morgan fingerprint density at radius 2 is 1.08 bits per heavy atom. The van der Waals surface area contributed by atoms with Crippen molar-refractivity contribution in [1.82, 2.24) is 19.8 Å². The Morgan fingerprint density at radius 1 is 0.603 bits per heavy atom. The summed E-state index contributed by atoms with van der Waals surface area (Å²) < 4.78 is 40.9. The molecule has 374 valence electrons. The minimum atomic E-state index is -0.631. The Bertz CT molecular complexity index is 3210. The van der Waals surface area contributed by atoms with Crippen molar-refractivity contribution in [3.05, 3.63) is 179 Å². The molecule has 0 saturated carbocycles. The quantitative estimate of drug-likeness (QED) is 0.0641. The number of hydrogen-bond acceptors (Lipinski definition) is 14. The Morgan fingerprint density at radius 3 is 1.55 bits per heavy atom. The molecule has 2 unspecified atom stereocenters. The highest BCUT2D eigenvalue weighted by atomic mass is 16.6. The van der Waals surface area contributed by atoms with Crippen LogP contribution in [0.15, 0.2) is 146 Å². The molecule has 73 heavy (non-hydrogen) atoms. The van der Waals surface area contributed by atoms with E-state index < -0.39 is 6.10 Å². The highest BCUT2D eigenvalue weighted by molar-refractivity contribution is 6.11. The highest BCUT2D eigenvalue weighted by Gasteiger charge is 2.25. The van der Waals surface area contributed by atoms with Crippen LogP contribution < -0.4 is 28.4 Å². The monoisotopic (exact) mass is 982 g/mol. The molecule has 2 aliphatic rings.